The lowest BCUT2D eigenvalue weighted by atomic mass is 9.86. The fourth-order valence-electron chi connectivity index (χ4n) is 4.51. The van der Waals surface area contributed by atoms with Gasteiger partial charge in [0.1, 0.15) is 17.1 Å². The van der Waals surface area contributed by atoms with Crippen molar-refractivity contribution in [1.82, 2.24) is 14.9 Å². The molecule has 2 amide bonds. The molecule has 180 valence electrons. The van der Waals surface area contributed by atoms with Crippen LogP contribution in [0, 0.1) is 0 Å². The zero-order valence-electron chi connectivity index (χ0n) is 18.5. The third-order valence-corrected chi connectivity index (χ3v) is 6.66. The van der Waals surface area contributed by atoms with Crippen LogP contribution < -0.4 is 15.4 Å². The van der Waals surface area contributed by atoms with E-state index in [9.17, 15) is 19.5 Å². The van der Waals surface area contributed by atoms with Gasteiger partial charge in [0.25, 0.3) is 5.91 Å². The normalized spacial score (nSPS) is 15.6. The molecule has 2 aromatic carbocycles. The Balaban J connectivity index is 1.35. The van der Waals surface area contributed by atoms with Gasteiger partial charge in [0.2, 0.25) is 0 Å². The number of aromatic nitrogens is 2. The molecular weight excluding hydrogens is 486 g/mol. The quantitative estimate of drug-likeness (QED) is 0.304. The molecule has 36 heavy (non-hydrogen) atoms. The number of aromatic amines is 1. The minimum absolute atomic E-state index is 0.0141. The summed E-state index contributed by atoms with van der Waals surface area (Å²) in [7, 11) is 0. The number of hydrogen-bond donors (Lipinski definition) is 4. The molecule has 11 heteroatoms. The molecule has 2 aliphatic rings. The van der Waals surface area contributed by atoms with Crippen molar-refractivity contribution >= 4 is 51.8 Å². The maximum absolute atomic E-state index is 13.6. The molecule has 4 N–H and O–H groups in total. The second-order valence-corrected chi connectivity index (χ2v) is 9.07. The monoisotopic (exact) mass is 503 g/mol. The topological polar surface area (TPSA) is 137 Å². The van der Waals surface area contributed by atoms with Gasteiger partial charge in [0, 0.05) is 17.8 Å². The summed E-state index contributed by atoms with van der Waals surface area (Å²) in [5, 5.41) is 15.9. The zero-order valence-corrected chi connectivity index (χ0v) is 19.3. The first kappa shape index (κ1) is 21.9. The molecule has 4 aromatic rings. The number of nitrogens with zero attached hydrogens (tertiary/aromatic N) is 2. The minimum atomic E-state index is -1.12. The first-order valence-corrected chi connectivity index (χ1v) is 11.4. The highest BCUT2D eigenvalue weighted by Crippen LogP contribution is 2.41. The number of carbonyl (C=O) groups excluding carboxylic acids is 2. The molecule has 1 fully saturated rings. The van der Waals surface area contributed by atoms with Crippen molar-refractivity contribution in [1.29, 1.82) is 0 Å². The Kier molecular flexibility index (Phi) is 4.87. The molecule has 1 saturated heterocycles. The van der Waals surface area contributed by atoms with Crippen LogP contribution >= 0.6 is 11.6 Å². The Morgan fingerprint density at radius 1 is 1.08 bits per heavy atom. The van der Waals surface area contributed by atoms with Gasteiger partial charge in [-0.25, -0.2) is 9.78 Å². The average Bonchev–Trinajstić information content (AvgIpc) is 3.27. The van der Waals surface area contributed by atoms with E-state index < -0.39 is 11.6 Å². The van der Waals surface area contributed by atoms with Crippen molar-refractivity contribution < 1.29 is 24.2 Å². The Morgan fingerprint density at radius 3 is 2.58 bits per heavy atom. The number of anilines is 2. The van der Waals surface area contributed by atoms with E-state index in [0.29, 0.717) is 39.5 Å². The number of hydrogen-bond acceptors (Lipinski definition) is 6. The third-order valence-electron chi connectivity index (χ3n) is 6.35. The SMILES string of the molecule is O=C(c1ccc(Oc2ccccc2)cc1Cl)c1c[nH]c2ncc3c(c12)NC1(CN(C(=O)O)C1)C(=O)N3. The van der Waals surface area contributed by atoms with E-state index in [-0.39, 0.29) is 35.4 Å². The number of H-pyrrole nitrogens is 1. The smallest absolute Gasteiger partial charge is 0.407 e. The summed E-state index contributed by atoms with van der Waals surface area (Å²) in [5.41, 5.74) is 0.788. The summed E-state index contributed by atoms with van der Waals surface area (Å²) >= 11 is 6.48. The summed E-state index contributed by atoms with van der Waals surface area (Å²) in [6.07, 6.45) is 1.92. The Morgan fingerprint density at radius 2 is 1.86 bits per heavy atom. The van der Waals surface area contributed by atoms with Crippen molar-refractivity contribution in [2.24, 2.45) is 0 Å². The van der Waals surface area contributed by atoms with E-state index in [0.717, 1.165) is 4.90 Å². The maximum Gasteiger partial charge on any atom is 0.407 e. The number of ketones is 1. The van der Waals surface area contributed by atoms with Gasteiger partial charge < -0.3 is 30.4 Å². The lowest BCUT2D eigenvalue weighted by Gasteiger charge is -2.50. The molecule has 4 heterocycles. The van der Waals surface area contributed by atoms with Gasteiger partial charge in [0.05, 0.1) is 46.6 Å². The summed E-state index contributed by atoms with van der Waals surface area (Å²) in [5.74, 6) is 0.428. The molecule has 0 saturated carbocycles. The first-order chi connectivity index (χ1) is 17.3. The van der Waals surface area contributed by atoms with E-state index in [1.165, 1.54) is 6.20 Å². The largest absolute Gasteiger partial charge is 0.465 e. The molecule has 0 radical (unpaired) electrons. The number of ether oxygens (including phenoxy) is 1. The van der Waals surface area contributed by atoms with Crippen LogP contribution in [0.2, 0.25) is 5.02 Å². The molecule has 0 bridgehead atoms. The van der Waals surface area contributed by atoms with E-state index in [1.54, 1.807) is 24.4 Å². The highest BCUT2D eigenvalue weighted by Gasteiger charge is 2.54. The van der Waals surface area contributed by atoms with Gasteiger partial charge in [-0.1, -0.05) is 29.8 Å². The van der Waals surface area contributed by atoms with Crippen LogP contribution in [-0.2, 0) is 4.79 Å². The number of carboxylic acid groups (broad SMARTS) is 1. The molecule has 1 spiro atoms. The van der Waals surface area contributed by atoms with Crippen LogP contribution in [0.3, 0.4) is 0 Å². The number of amides is 2. The number of fused-ring (bicyclic) bond motifs is 3. The van der Waals surface area contributed by atoms with E-state index >= 15 is 0 Å². The Labute approximate surface area is 208 Å². The highest BCUT2D eigenvalue weighted by molar-refractivity contribution is 6.36. The highest BCUT2D eigenvalue weighted by atomic mass is 35.5. The minimum Gasteiger partial charge on any atom is -0.465 e. The van der Waals surface area contributed by atoms with Crippen molar-refractivity contribution in [3.63, 3.8) is 0 Å². The van der Waals surface area contributed by atoms with Crippen molar-refractivity contribution in [2.75, 3.05) is 23.7 Å². The molecule has 2 aliphatic heterocycles. The number of nitrogens with one attached hydrogen (secondary N) is 3. The summed E-state index contributed by atoms with van der Waals surface area (Å²) in [6.45, 7) is -0.0281. The number of carbonyl (C=O) groups is 3. The van der Waals surface area contributed by atoms with E-state index in [4.69, 9.17) is 16.3 Å². The second kappa shape index (κ2) is 7.99. The molecule has 0 unspecified atom stereocenters. The predicted octanol–water partition coefficient (Wildman–Crippen LogP) is 4.34. The lowest BCUT2D eigenvalue weighted by molar-refractivity contribution is -0.125. The van der Waals surface area contributed by atoms with Crippen molar-refractivity contribution in [3.8, 4) is 11.5 Å². The molecule has 2 aromatic heterocycles. The van der Waals surface area contributed by atoms with Gasteiger partial charge in [-0.05, 0) is 24.3 Å². The molecule has 0 aliphatic carbocycles. The van der Waals surface area contributed by atoms with Crippen LogP contribution in [0.1, 0.15) is 15.9 Å². The van der Waals surface area contributed by atoms with Crippen LogP contribution in [0.15, 0.2) is 60.9 Å². The fourth-order valence-corrected chi connectivity index (χ4v) is 4.77. The number of rotatable bonds is 4. The van der Waals surface area contributed by atoms with Gasteiger partial charge in [-0.3, -0.25) is 9.59 Å². The predicted molar refractivity (Wildman–Crippen MR) is 132 cm³/mol. The van der Waals surface area contributed by atoms with Crippen LogP contribution in [0.25, 0.3) is 11.0 Å². The number of likely N-dealkylation sites (tertiary alicyclic amines) is 1. The van der Waals surface area contributed by atoms with Gasteiger partial charge in [-0.2, -0.15) is 0 Å². The van der Waals surface area contributed by atoms with Crippen molar-refractivity contribution in [3.05, 3.63) is 77.1 Å². The molecule has 10 nitrogen and oxygen atoms in total. The maximum atomic E-state index is 13.6. The standard InChI is InChI=1S/C25H18ClN5O5/c26-17-8-14(36-13-4-2-1-3-5-13)6-7-15(17)21(32)16-9-27-22-19(16)20-18(10-28-22)29-23(33)25(30-20)11-31(12-25)24(34)35/h1-10,30H,11-12H2,(H,27,28)(H,29,33)(H,34,35). The molecular formula is C25H18ClN5O5. The number of halogens is 1. The molecule has 6 rings (SSSR count). The Hall–Kier alpha value is -4.57. The van der Waals surface area contributed by atoms with E-state index in [2.05, 4.69) is 20.6 Å². The zero-order chi connectivity index (χ0) is 25.0. The Bertz CT molecular complexity index is 1560. The second-order valence-electron chi connectivity index (χ2n) is 8.66. The number of para-hydroxylation sites is 1. The number of pyridine rings is 1. The summed E-state index contributed by atoms with van der Waals surface area (Å²) in [6, 6.07) is 14.0. The van der Waals surface area contributed by atoms with Crippen LogP contribution in [-0.4, -0.2) is 56.4 Å². The first-order valence-electron chi connectivity index (χ1n) is 11.0. The van der Waals surface area contributed by atoms with Gasteiger partial charge in [0.15, 0.2) is 11.3 Å². The van der Waals surface area contributed by atoms with Crippen molar-refractivity contribution in [2.45, 2.75) is 5.54 Å². The van der Waals surface area contributed by atoms with E-state index in [1.807, 2.05) is 30.3 Å². The summed E-state index contributed by atoms with van der Waals surface area (Å²) < 4.78 is 5.80. The van der Waals surface area contributed by atoms with Gasteiger partial charge >= 0.3 is 6.09 Å². The average molecular weight is 504 g/mol. The van der Waals surface area contributed by atoms with Crippen LogP contribution in [0.5, 0.6) is 11.5 Å². The van der Waals surface area contributed by atoms with Crippen LogP contribution in [0.4, 0.5) is 16.2 Å². The lowest BCUT2D eigenvalue weighted by Crippen LogP contribution is -2.73. The third kappa shape index (κ3) is 3.42. The molecule has 0 atom stereocenters. The summed E-state index contributed by atoms with van der Waals surface area (Å²) in [4.78, 5) is 46.0. The fraction of sp³-hybridized carbons (Fsp3) is 0.120. The number of benzene rings is 2. The van der Waals surface area contributed by atoms with Gasteiger partial charge in [-0.15, -0.1) is 0 Å².